The Labute approximate surface area is 237 Å². The van der Waals surface area contributed by atoms with Gasteiger partial charge in [-0.3, -0.25) is 0 Å². The fourth-order valence-electron chi connectivity index (χ4n) is 6.25. The van der Waals surface area contributed by atoms with Crippen LogP contribution in [0, 0.1) is 0 Å². The van der Waals surface area contributed by atoms with Crippen LogP contribution in [-0.4, -0.2) is 4.57 Å². The maximum atomic E-state index is 6.31. The molecule has 1 aromatic heterocycles. The zero-order valence-electron chi connectivity index (χ0n) is 21.7. The van der Waals surface area contributed by atoms with Crippen molar-refractivity contribution in [1.82, 2.24) is 4.57 Å². The van der Waals surface area contributed by atoms with E-state index in [1.165, 1.54) is 60.0 Å². The second-order valence-electron chi connectivity index (χ2n) is 10.3. The summed E-state index contributed by atoms with van der Waals surface area (Å²) in [7, 11) is 0. The Morgan fingerprint density at radius 3 is 1.77 bits per heavy atom. The van der Waals surface area contributed by atoms with Crippen LogP contribution in [0.2, 0.25) is 5.02 Å². The molecule has 0 aliphatic rings. The highest BCUT2D eigenvalue weighted by atomic mass is 35.5. The number of benzene rings is 7. The third kappa shape index (κ3) is 3.56. The molecule has 188 valence electrons. The van der Waals surface area contributed by atoms with Gasteiger partial charge in [0.15, 0.2) is 0 Å². The lowest BCUT2D eigenvalue weighted by atomic mass is 9.90. The molecule has 0 atom stereocenters. The summed E-state index contributed by atoms with van der Waals surface area (Å²) in [5.41, 5.74) is 8.26. The summed E-state index contributed by atoms with van der Waals surface area (Å²) in [6.45, 7) is 0. The number of nitrogens with zero attached hydrogens (tertiary/aromatic N) is 1. The minimum absolute atomic E-state index is 0.737. The number of hydrogen-bond acceptors (Lipinski definition) is 0. The lowest BCUT2D eigenvalue weighted by molar-refractivity contribution is 1.18. The normalized spacial score (nSPS) is 11.6. The monoisotopic (exact) mass is 529 g/mol. The number of fused-ring (bicyclic) bond motifs is 6. The van der Waals surface area contributed by atoms with Gasteiger partial charge in [-0.25, -0.2) is 0 Å². The molecule has 0 fully saturated rings. The Bertz CT molecular complexity index is 2170. The van der Waals surface area contributed by atoms with Crippen LogP contribution in [-0.2, 0) is 0 Å². The molecule has 1 nitrogen and oxygen atoms in total. The van der Waals surface area contributed by atoms with E-state index in [1.54, 1.807) is 0 Å². The van der Waals surface area contributed by atoms with Crippen LogP contribution >= 0.6 is 11.6 Å². The van der Waals surface area contributed by atoms with Gasteiger partial charge in [-0.15, -0.1) is 0 Å². The molecule has 0 spiro atoms. The molecule has 7 aromatic carbocycles. The van der Waals surface area contributed by atoms with Gasteiger partial charge in [0.2, 0.25) is 0 Å². The summed E-state index contributed by atoms with van der Waals surface area (Å²) >= 11 is 6.31. The summed E-state index contributed by atoms with van der Waals surface area (Å²) in [6, 6.07) is 52.2. The van der Waals surface area contributed by atoms with Crippen molar-refractivity contribution in [2.45, 2.75) is 0 Å². The van der Waals surface area contributed by atoms with Crippen LogP contribution in [0.15, 0.2) is 146 Å². The Balaban J connectivity index is 1.48. The standard InChI is InChI=1S/C38H24ClN/c39-29-21-18-26(19-22-29)32-12-7-15-37(40-35-13-5-3-10-33(35)34-11-4-6-14-36(34)40)38(32)28-20-23-31-27(24-28)17-16-25-8-1-2-9-30(25)31/h1-24H. The van der Waals surface area contributed by atoms with Crippen LogP contribution in [0.1, 0.15) is 0 Å². The number of aromatic nitrogens is 1. The van der Waals surface area contributed by atoms with Crippen molar-refractivity contribution in [3.63, 3.8) is 0 Å². The SMILES string of the molecule is Clc1ccc(-c2cccc(-n3c4ccccc4c4ccccc43)c2-c2ccc3c(ccc4ccccc43)c2)cc1. The van der Waals surface area contributed by atoms with Crippen molar-refractivity contribution >= 4 is 55.0 Å². The average molecular weight is 530 g/mol. The molecule has 0 bridgehead atoms. The van der Waals surface area contributed by atoms with Crippen molar-refractivity contribution in [2.75, 3.05) is 0 Å². The number of halogens is 1. The van der Waals surface area contributed by atoms with Crippen LogP contribution in [0.25, 0.3) is 71.3 Å². The smallest absolute Gasteiger partial charge is 0.0546 e. The van der Waals surface area contributed by atoms with Crippen LogP contribution < -0.4 is 0 Å². The molecule has 0 N–H and O–H groups in total. The van der Waals surface area contributed by atoms with Crippen molar-refractivity contribution in [3.05, 3.63) is 151 Å². The topological polar surface area (TPSA) is 4.93 Å². The maximum absolute atomic E-state index is 6.31. The molecule has 2 heteroatoms. The Kier molecular flexibility index (Phi) is 5.26. The van der Waals surface area contributed by atoms with Gasteiger partial charge in [-0.1, -0.05) is 121 Å². The Hall–Kier alpha value is -4.85. The summed E-state index contributed by atoms with van der Waals surface area (Å²) in [5.74, 6) is 0. The molecule has 0 saturated carbocycles. The van der Waals surface area contributed by atoms with E-state index in [9.17, 15) is 0 Å². The number of rotatable bonds is 3. The zero-order chi connectivity index (χ0) is 26.6. The van der Waals surface area contributed by atoms with E-state index in [0.29, 0.717) is 0 Å². The molecule has 0 amide bonds. The lowest BCUT2D eigenvalue weighted by Crippen LogP contribution is -1.99. The molecule has 0 aliphatic heterocycles. The van der Waals surface area contributed by atoms with E-state index in [1.807, 2.05) is 12.1 Å². The maximum Gasteiger partial charge on any atom is 0.0546 e. The fraction of sp³-hybridized carbons (Fsp3) is 0. The van der Waals surface area contributed by atoms with Crippen LogP contribution in [0.4, 0.5) is 0 Å². The molecule has 8 aromatic rings. The van der Waals surface area contributed by atoms with Gasteiger partial charge < -0.3 is 4.57 Å². The molecule has 1 heterocycles. The molecule has 8 rings (SSSR count). The Morgan fingerprint density at radius 1 is 0.425 bits per heavy atom. The highest BCUT2D eigenvalue weighted by Crippen LogP contribution is 2.42. The minimum atomic E-state index is 0.737. The first-order valence-electron chi connectivity index (χ1n) is 13.6. The second kappa shape index (κ2) is 9.12. The average Bonchev–Trinajstić information content (AvgIpc) is 3.35. The second-order valence-corrected chi connectivity index (χ2v) is 10.7. The fourth-order valence-corrected chi connectivity index (χ4v) is 6.38. The number of para-hydroxylation sites is 2. The predicted molar refractivity (Wildman–Crippen MR) is 172 cm³/mol. The lowest BCUT2D eigenvalue weighted by Gasteiger charge is -2.19. The van der Waals surface area contributed by atoms with E-state index in [2.05, 4.69) is 138 Å². The van der Waals surface area contributed by atoms with Gasteiger partial charge in [0.25, 0.3) is 0 Å². The summed E-state index contributed by atoms with van der Waals surface area (Å²) < 4.78 is 2.42. The molecule has 0 aliphatic carbocycles. The predicted octanol–water partition coefficient (Wildman–Crippen LogP) is 11.1. The van der Waals surface area contributed by atoms with E-state index in [0.717, 1.165) is 16.3 Å². The summed E-state index contributed by atoms with van der Waals surface area (Å²) in [6.07, 6.45) is 0. The molecule has 0 saturated heterocycles. The van der Waals surface area contributed by atoms with Crippen LogP contribution in [0.3, 0.4) is 0 Å². The van der Waals surface area contributed by atoms with E-state index in [4.69, 9.17) is 11.6 Å². The van der Waals surface area contributed by atoms with E-state index in [-0.39, 0.29) is 0 Å². The first-order chi connectivity index (χ1) is 19.8. The third-order valence-electron chi connectivity index (χ3n) is 8.05. The van der Waals surface area contributed by atoms with Gasteiger partial charge in [-0.2, -0.15) is 0 Å². The largest absolute Gasteiger partial charge is 0.309 e. The minimum Gasteiger partial charge on any atom is -0.309 e. The van der Waals surface area contributed by atoms with E-state index >= 15 is 0 Å². The molecule has 0 unspecified atom stereocenters. The van der Waals surface area contributed by atoms with Crippen molar-refractivity contribution < 1.29 is 0 Å². The van der Waals surface area contributed by atoms with Gasteiger partial charge in [0.1, 0.15) is 0 Å². The molecular formula is C38H24ClN. The van der Waals surface area contributed by atoms with Gasteiger partial charge in [-0.05, 0) is 74.6 Å². The summed E-state index contributed by atoms with van der Waals surface area (Å²) in [5, 5.41) is 8.29. The molecule has 40 heavy (non-hydrogen) atoms. The highest BCUT2D eigenvalue weighted by Gasteiger charge is 2.19. The van der Waals surface area contributed by atoms with Crippen molar-refractivity contribution in [3.8, 4) is 27.9 Å². The van der Waals surface area contributed by atoms with Crippen molar-refractivity contribution in [2.24, 2.45) is 0 Å². The molecular weight excluding hydrogens is 506 g/mol. The third-order valence-corrected chi connectivity index (χ3v) is 8.30. The highest BCUT2D eigenvalue weighted by molar-refractivity contribution is 6.30. The number of hydrogen-bond donors (Lipinski definition) is 0. The summed E-state index contributed by atoms with van der Waals surface area (Å²) in [4.78, 5) is 0. The quantitative estimate of drug-likeness (QED) is 0.200. The molecule has 0 radical (unpaired) electrons. The zero-order valence-corrected chi connectivity index (χ0v) is 22.4. The van der Waals surface area contributed by atoms with E-state index < -0.39 is 0 Å². The van der Waals surface area contributed by atoms with Crippen LogP contribution in [0.5, 0.6) is 0 Å². The van der Waals surface area contributed by atoms with Gasteiger partial charge >= 0.3 is 0 Å². The first kappa shape index (κ1) is 23.1. The van der Waals surface area contributed by atoms with Gasteiger partial charge in [0.05, 0.1) is 16.7 Å². The Morgan fingerprint density at radius 2 is 1.02 bits per heavy atom. The first-order valence-corrected chi connectivity index (χ1v) is 13.9. The van der Waals surface area contributed by atoms with Gasteiger partial charge in [0, 0.05) is 21.4 Å². The van der Waals surface area contributed by atoms with Crippen molar-refractivity contribution in [1.29, 1.82) is 0 Å².